The van der Waals surface area contributed by atoms with Crippen LogP contribution >= 0.6 is 11.8 Å². The highest BCUT2D eigenvalue weighted by molar-refractivity contribution is 7.99. The highest BCUT2D eigenvalue weighted by Crippen LogP contribution is 2.40. The zero-order valence-corrected chi connectivity index (χ0v) is 12.4. The first-order valence-electron chi connectivity index (χ1n) is 7.09. The van der Waals surface area contributed by atoms with Crippen LogP contribution in [0.4, 0.5) is 0 Å². The van der Waals surface area contributed by atoms with E-state index in [0.29, 0.717) is 5.92 Å². The van der Waals surface area contributed by atoms with E-state index >= 15 is 0 Å². The maximum Gasteiger partial charge on any atom is 0.0483 e. The molecule has 1 atom stereocenters. The number of fused-ring (bicyclic) bond motifs is 2. The number of hydrogen-bond acceptors (Lipinski definition) is 1. The summed E-state index contributed by atoms with van der Waals surface area (Å²) in [5, 5.41) is 1.38. The Hall–Kier alpha value is -1.67. The minimum atomic E-state index is 0.632. The van der Waals surface area contributed by atoms with Gasteiger partial charge in [0, 0.05) is 40.2 Å². The van der Waals surface area contributed by atoms with E-state index in [2.05, 4.69) is 66.2 Å². The second kappa shape index (κ2) is 4.71. The van der Waals surface area contributed by atoms with Crippen LogP contribution in [0.25, 0.3) is 10.9 Å². The Morgan fingerprint density at radius 3 is 2.95 bits per heavy atom. The van der Waals surface area contributed by atoms with E-state index in [1.54, 1.807) is 0 Å². The number of hydrogen-bond donors (Lipinski definition) is 0. The molecule has 0 saturated heterocycles. The van der Waals surface area contributed by atoms with Crippen LogP contribution in [0.5, 0.6) is 0 Å². The molecule has 1 aliphatic rings. The van der Waals surface area contributed by atoms with Crippen LogP contribution in [0.2, 0.25) is 0 Å². The summed E-state index contributed by atoms with van der Waals surface area (Å²) in [7, 11) is 0. The molecule has 100 valence electrons. The maximum absolute atomic E-state index is 2.41. The third-order valence-electron chi connectivity index (χ3n) is 4.25. The van der Waals surface area contributed by atoms with Gasteiger partial charge in [0.05, 0.1) is 0 Å². The van der Waals surface area contributed by atoms with Crippen molar-refractivity contribution in [2.24, 2.45) is 0 Å². The van der Waals surface area contributed by atoms with E-state index in [1.165, 1.54) is 32.7 Å². The molecule has 0 aliphatic carbocycles. The van der Waals surface area contributed by atoms with Crippen molar-refractivity contribution < 1.29 is 0 Å². The van der Waals surface area contributed by atoms with E-state index < -0.39 is 0 Å². The summed E-state index contributed by atoms with van der Waals surface area (Å²) >= 11 is 1.99. The van der Waals surface area contributed by atoms with Crippen LogP contribution in [-0.2, 0) is 6.54 Å². The molecule has 20 heavy (non-hydrogen) atoms. The fourth-order valence-electron chi connectivity index (χ4n) is 3.15. The van der Waals surface area contributed by atoms with Crippen LogP contribution in [0.1, 0.15) is 17.0 Å². The van der Waals surface area contributed by atoms with Gasteiger partial charge >= 0.3 is 0 Å². The summed E-state index contributed by atoms with van der Waals surface area (Å²) in [6.07, 6.45) is 2.24. The maximum atomic E-state index is 2.41. The molecule has 0 amide bonds. The van der Waals surface area contributed by atoms with Crippen molar-refractivity contribution in [1.82, 2.24) is 4.57 Å². The molecule has 1 nitrogen and oxygen atoms in total. The number of nitrogens with zero attached hydrogens (tertiary/aromatic N) is 1. The SMILES string of the molecule is Cc1cccc2c1ccn2CC1CSc2ccccc21. The molecule has 1 aromatic heterocycles. The molecule has 0 radical (unpaired) electrons. The molecule has 0 N–H and O–H groups in total. The van der Waals surface area contributed by atoms with Gasteiger partial charge in [-0.1, -0.05) is 30.3 Å². The van der Waals surface area contributed by atoms with Crippen molar-refractivity contribution in [3.8, 4) is 0 Å². The van der Waals surface area contributed by atoms with Gasteiger partial charge in [-0.25, -0.2) is 0 Å². The predicted octanol–water partition coefficient (Wildman–Crippen LogP) is 4.84. The summed E-state index contributed by atoms with van der Waals surface area (Å²) in [5.41, 5.74) is 4.24. The topological polar surface area (TPSA) is 4.93 Å². The fraction of sp³-hybridized carbons (Fsp3) is 0.222. The average Bonchev–Trinajstić information content (AvgIpc) is 3.06. The summed E-state index contributed by atoms with van der Waals surface area (Å²) in [4.78, 5) is 1.46. The van der Waals surface area contributed by atoms with E-state index in [1.807, 2.05) is 11.8 Å². The molecule has 2 aromatic carbocycles. The third kappa shape index (κ3) is 1.87. The Morgan fingerprint density at radius 2 is 2.00 bits per heavy atom. The second-order valence-electron chi connectivity index (χ2n) is 5.52. The first-order chi connectivity index (χ1) is 9.83. The summed E-state index contributed by atoms with van der Waals surface area (Å²) in [6.45, 7) is 3.27. The summed E-state index contributed by atoms with van der Waals surface area (Å²) in [5.74, 6) is 1.83. The van der Waals surface area contributed by atoms with Crippen LogP contribution in [-0.4, -0.2) is 10.3 Å². The van der Waals surface area contributed by atoms with Gasteiger partial charge < -0.3 is 4.57 Å². The van der Waals surface area contributed by atoms with Crippen molar-refractivity contribution in [3.63, 3.8) is 0 Å². The highest BCUT2D eigenvalue weighted by atomic mass is 32.2. The van der Waals surface area contributed by atoms with E-state index in [-0.39, 0.29) is 0 Å². The van der Waals surface area contributed by atoms with Gasteiger partial charge in [0.1, 0.15) is 0 Å². The lowest BCUT2D eigenvalue weighted by molar-refractivity contribution is 0.623. The Morgan fingerprint density at radius 1 is 1.10 bits per heavy atom. The van der Waals surface area contributed by atoms with Crippen LogP contribution < -0.4 is 0 Å². The zero-order chi connectivity index (χ0) is 13.5. The normalized spacial score (nSPS) is 17.6. The lowest BCUT2D eigenvalue weighted by atomic mass is 10.0. The van der Waals surface area contributed by atoms with Crippen molar-refractivity contribution >= 4 is 22.7 Å². The fourth-order valence-corrected chi connectivity index (χ4v) is 4.40. The molecular formula is C18H17NS. The number of aryl methyl sites for hydroxylation is 1. The van der Waals surface area contributed by atoms with Crippen molar-refractivity contribution in [3.05, 3.63) is 65.9 Å². The van der Waals surface area contributed by atoms with Gasteiger partial charge in [-0.15, -0.1) is 11.8 Å². The zero-order valence-electron chi connectivity index (χ0n) is 11.5. The summed E-state index contributed by atoms with van der Waals surface area (Å²) in [6, 6.07) is 17.7. The van der Waals surface area contributed by atoms with Crippen LogP contribution in [0.15, 0.2) is 59.6 Å². The molecule has 0 saturated carbocycles. The van der Waals surface area contributed by atoms with E-state index in [0.717, 1.165) is 6.54 Å². The molecule has 2 heteroatoms. The first-order valence-corrected chi connectivity index (χ1v) is 8.07. The molecule has 1 aliphatic heterocycles. The number of benzene rings is 2. The molecule has 4 rings (SSSR count). The van der Waals surface area contributed by atoms with Crippen molar-refractivity contribution in [1.29, 1.82) is 0 Å². The lowest BCUT2D eigenvalue weighted by Gasteiger charge is -2.13. The second-order valence-corrected chi connectivity index (χ2v) is 6.58. The van der Waals surface area contributed by atoms with Gasteiger partial charge in [-0.2, -0.15) is 0 Å². The number of rotatable bonds is 2. The summed E-state index contributed by atoms with van der Waals surface area (Å²) < 4.78 is 2.41. The molecule has 0 spiro atoms. The quantitative estimate of drug-likeness (QED) is 0.650. The van der Waals surface area contributed by atoms with Crippen molar-refractivity contribution in [2.45, 2.75) is 24.3 Å². The Labute approximate surface area is 123 Å². The molecular weight excluding hydrogens is 262 g/mol. The molecule has 0 fully saturated rings. The van der Waals surface area contributed by atoms with E-state index in [9.17, 15) is 0 Å². The standard InChI is InChI=1S/C18H17NS/c1-13-5-4-7-17-15(13)9-10-19(17)11-14-12-20-18-8-3-2-6-16(14)18/h2-10,14H,11-12H2,1H3. The van der Waals surface area contributed by atoms with Gasteiger partial charge in [0.25, 0.3) is 0 Å². The predicted molar refractivity (Wildman–Crippen MR) is 86.6 cm³/mol. The Balaban J connectivity index is 1.71. The van der Waals surface area contributed by atoms with Crippen LogP contribution in [0, 0.1) is 6.92 Å². The average molecular weight is 279 g/mol. The monoisotopic (exact) mass is 279 g/mol. The number of thioether (sulfide) groups is 1. The van der Waals surface area contributed by atoms with Gasteiger partial charge in [0.15, 0.2) is 0 Å². The molecule has 3 aromatic rings. The first kappa shape index (κ1) is 12.1. The van der Waals surface area contributed by atoms with Gasteiger partial charge in [-0.05, 0) is 36.2 Å². The lowest BCUT2D eigenvalue weighted by Crippen LogP contribution is -2.07. The van der Waals surface area contributed by atoms with Gasteiger partial charge in [0.2, 0.25) is 0 Å². The minimum absolute atomic E-state index is 0.632. The Bertz CT molecular complexity index is 772. The van der Waals surface area contributed by atoms with Crippen molar-refractivity contribution in [2.75, 3.05) is 5.75 Å². The Kier molecular flexibility index (Phi) is 2.85. The highest BCUT2D eigenvalue weighted by Gasteiger charge is 2.23. The third-order valence-corrected chi connectivity index (χ3v) is 5.50. The number of aromatic nitrogens is 1. The van der Waals surface area contributed by atoms with Crippen LogP contribution in [0.3, 0.4) is 0 Å². The molecule has 1 unspecified atom stereocenters. The minimum Gasteiger partial charge on any atom is -0.347 e. The molecule has 0 bridgehead atoms. The largest absolute Gasteiger partial charge is 0.347 e. The smallest absolute Gasteiger partial charge is 0.0483 e. The molecule has 2 heterocycles. The van der Waals surface area contributed by atoms with Gasteiger partial charge in [-0.3, -0.25) is 0 Å². The van der Waals surface area contributed by atoms with E-state index in [4.69, 9.17) is 0 Å².